The number of hydrogen-bond acceptors (Lipinski definition) is 4. The van der Waals surface area contributed by atoms with Gasteiger partial charge in [-0.3, -0.25) is 9.59 Å². The smallest absolute Gasteiger partial charge is 0.261 e. The number of nitrogens with zero attached hydrogens (tertiary/aromatic N) is 1. The highest BCUT2D eigenvalue weighted by Gasteiger charge is 2.35. The Labute approximate surface area is 173 Å². The van der Waals surface area contributed by atoms with Gasteiger partial charge in [0.15, 0.2) is 0 Å². The molecule has 0 spiro atoms. The number of piperidine rings is 3. The molecule has 3 aliphatic rings. The van der Waals surface area contributed by atoms with Gasteiger partial charge in [-0.1, -0.05) is 24.3 Å². The van der Waals surface area contributed by atoms with Crippen molar-refractivity contribution < 1.29 is 9.59 Å². The molecular weight excluding hydrogens is 382 g/mol. The third-order valence-electron chi connectivity index (χ3n) is 6.01. The molecular formula is C23H23N3O2S. The van der Waals surface area contributed by atoms with E-state index in [9.17, 15) is 9.59 Å². The van der Waals surface area contributed by atoms with Crippen molar-refractivity contribution in [1.82, 2.24) is 10.2 Å². The minimum atomic E-state index is -0.137. The maximum atomic E-state index is 12.8. The first-order valence-corrected chi connectivity index (χ1v) is 10.9. The van der Waals surface area contributed by atoms with Crippen LogP contribution in [0.5, 0.6) is 0 Å². The summed E-state index contributed by atoms with van der Waals surface area (Å²) in [6, 6.07) is 17.1. The fourth-order valence-electron chi connectivity index (χ4n) is 4.38. The lowest BCUT2D eigenvalue weighted by molar-refractivity contribution is 0.0622. The van der Waals surface area contributed by atoms with E-state index in [0.29, 0.717) is 11.5 Å². The van der Waals surface area contributed by atoms with Gasteiger partial charge in [-0.25, -0.2) is 0 Å². The quantitative estimate of drug-likeness (QED) is 0.690. The molecule has 6 heteroatoms. The summed E-state index contributed by atoms with van der Waals surface area (Å²) in [6.07, 6.45) is 2.36. The van der Waals surface area contributed by atoms with Crippen LogP contribution in [0.15, 0.2) is 54.6 Å². The van der Waals surface area contributed by atoms with Crippen molar-refractivity contribution in [1.29, 1.82) is 0 Å². The number of anilines is 1. The third-order valence-corrected chi connectivity index (χ3v) is 7.11. The van der Waals surface area contributed by atoms with Crippen LogP contribution >= 0.6 is 11.3 Å². The molecule has 1 unspecified atom stereocenters. The fraction of sp³-hybridized carbons (Fsp3) is 0.304. The highest BCUT2D eigenvalue weighted by molar-refractivity contribution is 7.20. The van der Waals surface area contributed by atoms with Crippen LogP contribution in [0, 0.1) is 5.92 Å². The zero-order chi connectivity index (χ0) is 19.8. The molecule has 148 valence electrons. The second kappa shape index (κ2) is 7.61. The predicted octanol–water partition coefficient (Wildman–Crippen LogP) is 3.98. The molecule has 1 aromatic heterocycles. The van der Waals surface area contributed by atoms with E-state index in [-0.39, 0.29) is 17.9 Å². The third kappa shape index (κ3) is 3.78. The lowest BCUT2D eigenvalue weighted by Gasteiger charge is -2.44. The van der Waals surface area contributed by atoms with Gasteiger partial charge in [0, 0.05) is 28.5 Å². The Balaban J connectivity index is 1.30. The van der Waals surface area contributed by atoms with E-state index >= 15 is 0 Å². The summed E-state index contributed by atoms with van der Waals surface area (Å²) in [5.74, 6) is 0.486. The number of amides is 2. The number of nitrogens with one attached hydrogen (secondary N) is 2. The molecule has 2 N–H and O–H groups in total. The van der Waals surface area contributed by atoms with Crippen LogP contribution in [-0.4, -0.2) is 42.4 Å². The Hall–Kier alpha value is -2.70. The molecule has 0 radical (unpaired) electrons. The molecule has 2 bridgehead atoms. The molecule has 1 atom stereocenters. The molecule has 5 nitrogen and oxygen atoms in total. The molecule has 2 aromatic carbocycles. The van der Waals surface area contributed by atoms with Gasteiger partial charge in [0.1, 0.15) is 0 Å². The van der Waals surface area contributed by atoms with E-state index < -0.39 is 0 Å². The Kier molecular flexibility index (Phi) is 4.81. The van der Waals surface area contributed by atoms with E-state index in [1.807, 2.05) is 42.5 Å². The van der Waals surface area contributed by atoms with Gasteiger partial charge >= 0.3 is 0 Å². The molecule has 3 aromatic rings. The summed E-state index contributed by atoms with van der Waals surface area (Å²) < 4.78 is 0.995. The van der Waals surface area contributed by atoms with E-state index in [0.717, 1.165) is 40.3 Å². The first kappa shape index (κ1) is 18.3. The van der Waals surface area contributed by atoms with E-state index in [4.69, 9.17) is 0 Å². The Bertz CT molecular complexity index is 1050. The van der Waals surface area contributed by atoms with Crippen LogP contribution in [0.4, 0.5) is 5.69 Å². The minimum absolute atomic E-state index is 0.0137. The van der Waals surface area contributed by atoms with Gasteiger partial charge < -0.3 is 15.5 Å². The average Bonchev–Trinajstić information content (AvgIpc) is 3.19. The molecule has 3 aliphatic heterocycles. The summed E-state index contributed by atoms with van der Waals surface area (Å²) in [4.78, 5) is 28.4. The van der Waals surface area contributed by atoms with Crippen molar-refractivity contribution in [3.63, 3.8) is 0 Å². The number of carbonyl (C=O) groups is 2. The monoisotopic (exact) mass is 405 g/mol. The Morgan fingerprint density at radius 1 is 0.966 bits per heavy atom. The molecule has 3 saturated heterocycles. The van der Waals surface area contributed by atoms with Crippen LogP contribution < -0.4 is 10.6 Å². The lowest BCUT2D eigenvalue weighted by atomic mass is 9.84. The van der Waals surface area contributed by atoms with Crippen molar-refractivity contribution in [3.05, 3.63) is 65.0 Å². The normalized spacial score (nSPS) is 23.1. The molecule has 2 amide bonds. The average molecular weight is 406 g/mol. The summed E-state index contributed by atoms with van der Waals surface area (Å²) in [6.45, 7) is 3.30. The fourth-order valence-corrected chi connectivity index (χ4v) is 5.39. The van der Waals surface area contributed by atoms with Crippen molar-refractivity contribution >= 4 is 38.9 Å². The van der Waals surface area contributed by atoms with Crippen molar-refractivity contribution in [2.45, 2.75) is 18.9 Å². The van der Waals surface area contributed by atoms with Gasteiger partial charge in [0.25, 0.3) is 11.8 Å². The van der Waals surface area contributed by atoms with Gasteiger partial charge in [-0.05, 0) is 67.6 Å². The Morgan fingerprint density at radius 2 is 1.76 bits per heavy atom. The predicted molar refractivity (Wildman–Crippen MR) is 117 cm³/mol. The van der Waals surface area contributed by atoms with Gasteiger partial charge in [-0.15, -0.1) is 11.3 Å². The highest BCUT2D eigenvalue weighted by atomic mass is 32.1. The number of fused-ring (bicyclic) bond motifs is 4. The van der Waals surface area contributed by atoms with E-state index in [2.05, 4.69) is 15.5 Å². The first-order valence-electron chi connectivity index (χ1n) is 10.1. The van der Waals surface area contributed by atoms with Gasteiger partial charge in [0.2, 0.25) is 0 Å². The first-order chi connectivity index (χ1) is 14.2. The summed E-state index contributed by atoms with van der Waals surface area (Å²) in [7, 11) is 0. The number of benzene rings is 2. The topological polar surface area (TPSA) is 61.4 Å². The second-order valence-electron chi connectivity index (χ2n) is 7.90. The standard InChI is InChI=1S/C23H23N3O2S/c27-22(16-4-2-1-3-5-16)24-18-7-6-17-12-21(29-20(17)13-18)23(28)25-19-14-26-10-8-15(19)9-11-26/h1-7,12-13,15,19H,8-11,14H2,(H,24,27)(H,25,28). The largest absolute Gasteiger partial charge is 0.347 e. The summed E-state index contributed by atoms with van der Waals surface area (Å²) >= 11 is 1.47. The summed E-state index contributed by atoms with van der Waals surface area (Å²) in [5, 5.41) is 7.21. The second-order valence-corrected chi connectivity index (χ2v) is 8.99. The van der Waals surface area contributed by atoms with Crippen LogP contribution in [0.2, 0.25) is 0 Å². The van der Waals surface area contributed by atoms with Crippen LogP contribution in [0.25, 0.3) is 10.1 Å². The maximum Gasteiger partial charge on any atom is 0.261 e. The molecule has 6 rings (SSSR count). The molecule has 29 heavy (non-hydrogen) atoms. The zero-order valence-electron chi connectivity index (χ0n) is 16.1. The van der Waals surface area contributed by atoms with Crippen LogP contribution in [0.3, 0.4) is 0 Å². The van der Waals surface area contributed by atoms with Crippen LogP contribution in [0.1, 0.15) is 32.9 Å². The molecule has 0 saturated carbocycles. The van der Waals surface area contributed by atoms with E-state index in [1.54, 1.807) is 12.1 Å². The van der Waals surface area contributed by atoms with Gasteiger partial charge in [-0.2, -0.15) is 0 Å². The van der Waals surface area contributed by atoms with Crippen molar-refractivity contribution in [3.8, 4) is 0 Å². The number of thiophene rings is 1. The number of hydrogen-bond donors (Lipinski definition) is 2. The highest BCUT2D eigenvalue weighted by Crippen LogP contribution is 2.30. The van der Waals surface area contributed by atoms with Crippen LogP contribution in [-0.2, 0) is 0 Å². The van der Waals surface area contributed by atoms with Crippen molar-refractivity contribution in [2.75, 3.05) is 25.0 Å². The Morgan fingerprint density at radius 3 is 2.48 bits per heavy atom. The minimum Gasteiger partial charge on any atom is -0.347 e. The van der Waals surface area contributed by atoms with E-state index in [1.165, 1.54) is 24.2 Å². The molecule has 4 heterocycles. The van der Waals surface area contributed by atoms with Gasteiger partial charge in [0.05, 0.1) is 4.88 Å². The zero-order valence-corrected chi connectivity index (χ0v) is 16.9. The summed E-state index contributed by atoms with van der Waals surface area (Å²) in [5.41, 5.74) is 1.36. The SMILES string of the molecule is O=C(Nc1ccc2cc(C(=O)NC3CN4CCC3CC4)sc2c1)c1ccccc1. The maximum absolute atomic E-state index is 12.8. The molecule has 3 fully saturated rings. The van der Waals surface area contributed by atoms with Crippen molar-refractivity contribution in [2.24, 2.45) is 5.92 Å². The number of carbonyl (C=O) groups excluding carboxylic acids is 2. The molecule has 0 aliphatic carbocycles. The number of rotatable bonds is 4. The lowest BCUT2D eigenvalue weighted by Crippen LogP contribution is -2.57.